The van der Waals surface area contributed by atoms with Crippen LogP contribution in [0.2, 0.25) is 0 Å². The molecule has 4 heteroatoms. The van der Waals surface area contributed by atoms with Gasteiger partial charge in [0, 0.05) is 11.6 Å². The third kappa shape index (κ3) is 2.70. The molecule has 1 heterocycles. The minimum absolute atomic E-state index is 0.0265. The number of nitrogens with one attached hydrogen (secondary N) is 1. The van der Waals surface area contributed by atoms with Gasteiger partial charge in [0.1, 0.15) is 0 Å². The fraction of sp³-hybridized carbons (Fsp3) is 0.286. The summed E-state index contributed by atoms with van der Waals surface area (Å²) < 4.78 is 0. The molecular weight excluding hydrogens is 292 g/mol. The molecule has 0 spiro atoms. The van der Waals surface area contributed by atoms with Gasteiger partial charge >= 0.3 is 0 Å². The van der Waals surface area contributed by atoms with Crippen molar-refractivity contribution in [1.29, 1.82) is 0 Å². The summed E-state index contributed by atoms with van der Waals surface area (Å²) in [5, 5.41) is 3.90. The number of alkyl halides is 1. The second-order valence-corrected chi connectivity index (χ2v) is 5.50. The minimum Gasteiger partial charge on any atom is -0.324 e. The van der Waals surface area contributed by atoms with Gasteiger partial charge in [0.05, 0.1) is 16.0 Å². The van der Waals surface area contributed by atoms with Crippen LogP contribution in [-0.2, 0) is 4.79 Å². The highest BCUT2D eigenvalue weighted by Crippen LogP contribution is 2.23. The van der Waals surface area contributed by atoms with E-state index in [2.05, 4.69) is 26.2 Å². The molecule has 1 amide bonds. The number of carbonyl (C=O) groups is 1. The Hall–Kier alpha value is -1.42. The van der Waals surface area contributed by atoms with Gasteiger partial charge in [-0.05, 0) is 30.2 Å². The van der Waals surface area contributed by atoms with E-state index >= 15 is 0 Å². The fourth-order valence-corrected chi connectivity index (χ4v) is 1.83. The molecular formula is C14H15BrN2O. The van der Waals surface area contributed by atoms with Gasteiger partial charge < -0.3 is 5.32 Å². The maximum Gasteiger partial charge on any atom is 0.238 e. The largest absolute Gasteiger partial charge is 0.324 e. The second-order valence-electron chi connectivity index (χ2n) is 4.51. The summed E-state index contributed by atoms with van der Waals surface area (Å²) in [6.45, 7) is 4.01. The van der Waals surface area contributed by atoms with Crippen molar-refractivity contribution in [1.82, 2.24) is 4.98 Å². The molecule has 0 saturated carbocycles. The SMILES string of the molecule is CC(C)[C@@H](Br)C(=O)Nc1cccc2ncccc12. The first kappa shape index (κ1) is 13.0. The number of nitrogens with zero attached hydrogens (tertiary/aromatic N) is 1. The van der Waals surface area contributed by atoms with Gasteiger partial charge in [-0.2, -0.15) is 0 Å². The summed E-state index contributed by atoms with van der Waals surface area (Å²) >= 11 is 3.40. The van der Waals surface area contributed by atoms with E-state index in [1.807, 2.05) is 44.2 Å². The fourth-order valence-electron chi connectivity index (χ4n) is 1.72. The van der Waals surface area contributed by atoms with E-state index in [0.717, 1.165) is 16.6 Å². The predicted molar refractivity (Wildman–Crippen MR) is 77.9 cm³/mol. The molecule has 3 nitrogen and oxygen atoms in total. The zero-order valence-electron chi connectivity index (χ0n) is 10.4. The molecule has 0 aliphatic heterocycles. The number of rotatable bonds is 3. The van der Waals surface area contributed by atoms with Crippen molar-refractivity contribution >= 4 is 38.4 Å². The summed E-state index contributed by atoms with van der Waals surface area (Å²) in [4.78, 5) is 16.1. The van der Waals surface area contributed by atoms with Crippen LogP contribution < -0.4 is 5.32 Å². The van der Waals surface area contributed by atoms with Crippen LogP contribution in [0.15, 0.2) is 36.5 Å². The number of fused-ring (bicyclic) bond motifs is 1. The maximum atomic E-state index is 12.0. The maximum absolute atomic E-state index is 12.0. The highest BCUT2D eigenvalue weighted by molar-refractivity contribution is 9.10. The highest BCUT2D eigenvalue weighted by Gasteiger charge is 2.19. The van der Waals surface area contributed by atoms with Crippen LogP contribution in [-0.4, -0.2) is 15.7 Å². The third-order valence-electron chi connectivity index (χ3n) is 2.74. The minimum atomic E-state index is -0.190. The summed E-state index contributed by atoms with van der Waals surface area (Å²) in [6.07, 6.45) is 1.75. The molecule has 0 unspecified atom stereocenters. The summed E-state index contributed by atoms with van der Waals surface area (Å²) in [7, 11) is 0. The lowest BCUT2D eigenvalue weighted by atomic mass is 10.1. The average molecular weight is 307 g/mol. The van der Waals surface area contributed by atoms with Crippen LogP contribution in [0.4, 0.5) is 5.69 Å². The smallest absolute Gasteiger partial charge is 0.238 e. The Bertz CT molecular complexity index is 563. The Morgan fingerprint density at radius 1 is 1.28 bits per heavy atom. The topological polar surface area (TPSA) is 42.0 Å². The zero-order valence-corrected chi connectivity index (χ0v) is 11.9. The summed E-state index contributed by atoms with van der Waals surface area (Å²) in [5.74, 6) is 0.222. The van der Waals surface area contributed by atoms with Gasteiger partial charge in [-0.15, -0.1) is 0 Å². The molecule has 0 aliphatic carbocycles. The number of hydrogen-bond donors (Lipinski definition) is 1. The van der Waals surface area contributed by atoms with Crippen molar-refractivity contribution in [3.63, 3.8) is 0 Å². The molecule has 1 N–H and O–H groups in total. The Balaban J connectivity index is 2.30. The number of amides is 1. The van der Waals surface area contributed by atoms with Crippen molar-refractivity contribution in [2.75, 3.05) is 5.32 Å². The lowest BCUT2D eigenvalue weighted by molar-refractivity contribution is -0.116. The van der Waals surface area contributed by atoms with Crippen molar-refractivity contribution in [2.45, 2.75) is 18.7 Å². The van der Waals surface area contributed by atoms with E-state index in [1.54, 1.807) is 6.20 Å². The number of carbonyl (C=O) groups excluding carboxylic acids is 1. The van der Waals surface area contributed by atoms with E-state index in [4.69, 9.17) is 0 Å². The first-order chi connectivity index (χ1) is 8.59. The standard InChI is InChI=1S/C14H15BrN2O/c1-9(2)13(15)14(18)17-12-7-3-6-11-10(12)5-4-8-16-11/h3-9,13H,1-2H3,(H,17,18)/t13-/m1/s1. The lowest BCUT2D eigenvalue weighted by Gasteiger charge is -2.14. The van der Waals surface area contributed by atoms with E-state index < -0.39 is 0 Å². The summed E-state index contributed by atoms with van der Waals surface area (Å²) in [6, 6.07) is 9.53. The van der Waals surface area contributed by atoms with E-state index in [-0.39, 0.29) is 16.7 Å². The molecule has 0 radical (unpaired) electrons. The molecule has 0 aliphatic rings. The van der Waals surface area contributed by atoms with Gasteiger partial charge in [-0.3, -0.25) is 9.78 Å². The van der Waals surface area contributed by atoms with E-state index in [1.165, 1.54) is 0 Å². The molecule has 1 aromatic carbocycles. The molecule has 0 bridgehead atoms. The Labute approximate surface area is 115 Å². The van der Waals surface area contributed by atoms with Gasteiger partial charge in [-0.1, -0.05) is 35.8 Å². The predicted octanol–water partition coefficient (Wildman–Crippen LogP) is 3.59. The van der Waals surface area contributed by atoms with Crippen LogP contribution >= 0.6 is 15.9 Å². The molecule has 2 rings (SSSR count). The van der Waals surface area contributed by atoms with Crippen LogP contribution in [0.5, 0.6) is 0 Å². The number of hydrogen-bond acceptors (Lipinski definition) is 2. The molecule has 0 fully saturated rings. The van der Waals surface area contributed by atoms with Crippen molar-refractivity contribution in [2.24, 2.45) is 5.92 Å². The van der Waals surface area contributed by atoms with Crippen LogP contribution in [0, 0.1) is 5.92 Å². The van der Waals surface area contributed by atoms with E-state index in [0.29, 0.717) is 0 Å². The number of anilines is 1. The molecule has 1 aromatic heterocycles. The van der Waals surface area contributed by atoms with Crippen molar-refractivity contribution in [3.05, 3.63) is 36.5 Å². The van der Waals surface area contributed by atoms with Crippen LogP contribution in [0.25, 0.3) is 10.9 Å². The van der Waals surface area contributed by atoms with Gasteiger partial charge in [0.25, 0.3) is 0 Å². The van der Waals surface area contributed by atoms with Gasteiger partial charge in [0.2, 0.25) is 5.91 Å². The lowest BCUT2D eigenvalue weighted by Crippen LogP contribution is -2.27. The first-order valence-corrected chi connectivity index (χ1v) is 6.80. The van der Waals surface area contributed by atoms with E-state index in [9.17, 15) is 4.79 Å². The van der Waals surface area contributed by atoms with Crippen molar-refractivity contribution < 1.29 is 4.79 Å². The normalized spacial score (nSPS) is 12.7. The van der Waals surface area contributed by atoms with Gasteiger partial charge in [0.15, 0.2) is 0 Å². The molecule has 0 saturated heterocycles. The zero-order chi connectivity index (χ0) is 13.1. The quantitative estimate of drug-likeness (QED) is 0.881. The van der Waals surface area contributed by atoms with Crippen LogP contribution in [0.3, 0.4) is 0 Å². The first-order valence-electron chi connectivity index (χ1n) is 5.88. The second kappa shape index (κ2) is 5.48. The number of halogens is 1. The highest BCUT2D eigenvalue weighted by atomic mass is 79.9. The molecule has 94 valence electrons. The van der Waals surface area contributed by atoms with Crippen molar-refractivity contribution in [3.8, 4) is 0 Å². The Morgan fingerprint density at radius 3 is 2.78 bits per heavy atom. The Morgan fingerprint density at radius 2 is 2.06 bits per heavy atom. The Kier molecular flexibility index (Phi) is 3.97. The number of pyridine rings is 1. The van der Waals surface area contributed by atoms with Gasteiger partial charge in [-0.25, -0.2) is 0 Å². The van der Waals surface area contributed by atoms with Crippen LogP contribution in [0.1, 0.15) is 13.8 Å². The number of aromatic nitrogens is 1. The molecule has 1 atom stereocenters. The molecule has 18 heavy (non-hydrogen) atoms. The summed E-state index contributed by atoms with van der Waals surface area (Å²) in [5.41, 5.74) is 1.68. The third-order valence-corrected chi connectivity index (χ3v) is 4.21. The monoisotopic (exact) mass is 306 g/mol. The average Bonchev–Trinajstić information content (AvgIpc) is 2.38. The number of benzene rings is 1. The molecule has 2 aromatic rings.